The van der Waals surface area contributed by atoms with Crippen molar-refractivity contribution >= 4 is 23.7 Å². The molecule has 10 heteroatoms. The molecule has 5 unspecified atom stereocenters. The number of likely N-dealkylation sites (tertiary alicyclic amines) is 1. The van der Waals surface area contributed by atoms with E-state index in [1.165, 1.54) is 13.8 Å². The quantitative estimate of drug-likeness (QED) is 0.325. The number of hydrogen-bond donors (Lipinski definition) is 5. The number of nitrogens with two attached hydrogens (primary N) is 1. The molecule has 1 aliphatic rings. The van der Waals surface area contributed by atoms with Crippen molar-refractivity contribution < 1.29 is 29.4 Å². The fourth-order valence-corrected chi connectivity index (χ4v) is 3.13. The monoisotopic (exact) mass is 400 g/mol. The highest BCUT2D eigenvalue weighted by Crippen LogP contribution is 2.19. The van der Waals surface area contributed by atoms with Crippen LogP contribution in [0.4, 0.5) is 0 Å². The van der Waals surface area contributed by atoms with E-state index in [0.29, 0.717) is 19.3 Å². The Bertz CT molecular complexity index is 595. The first-order chi connectivity index (χ1) is 13.0. The summed E-state index contributed by atoms with van der Waals surface area (Å²) in [6, 6.07) is -4.02. The number of aliphatic hydroxyl groups excluding tert-OH is 1. The summed E-state index contributed by atoms with van der Waals surface area (Å²) >= 11 is 0. The van der Waals surface area contributed by atoms with Gasteiger partial charge < -0.3 is 31.5 Å². The van der Waals surface area contributed by atoms with Crippen LogP contribution >= 0.6 is 0 Å². The lowest BCUT2D eigenvalue weighted by atomic mass is 10.0. The maximum Gasteiger partial charge on any atom is 0.326 e. The Morgan fingerprint density at radius 1 is 1.11 bits per heavy atom. The standard InChI is InChI=1S/C18H32N4O6/c1-9(2)8-12(19)16(25)20-10(3)15(24)21-14(11(4)23)17(26)22-7-5-6-13(22)18(27)28/h9-14,23H,5-8,19H2,1-4H3,(H,20,25)(H,21,24)(H,27,28). The van der Waals surface area contributed by atoms with Crippen molar-refractivity contribution in [1.82, 2.24) is 15.5 Å². The summed E-state index contributed by atoms with van der Waals surface area (Å²) in [6.07, 6.45) is 0.0728. The van der Waals surface area contributed by atoms with Gasteiger partial charge in [-0.3, -0.25) is 14.4 Å². The van der Waals surface area contributed by atoms with Gasteiger partial charge in [-0.05, 0) is 39.0 Å². The molecule has 1 heterocycles. The van der Waals surface area contributed by atoms with E-state index in [1.54, 1.807) is 0 Å². The maximum absolute atomic E-state index is 12.7. The number of carboxylic acids is 1. The fraction of sp³-hybridized carbons (Fsp3) is 0.778. The third kappa shape index (κ3) is 6.45. The van der Waals surface area contributed by atoms with E-state index >= 15 is 0 Å². The van der Waals surface area contributed by atoms with Gasteiger partial charge in [0.05, 0.1) is 12.1 Å². The molecule has 10 nitrogen and oxygen atoms in total. The van der Waals surface area contributed by atoms with E-state index in [2.05, 4.69) is 10.6 Å². The van der Waals surface area contributed by atoms with Crippen LogP contribution in [0.5, 0.6) is 0 Å². The van der Waals surface area contributed by atoms with Crippen molar-refractivity contribution in [3.63, 3.8) is 0 Å². The summed E-state index contributed by atoms with van der Waals surface area (Å²) in [5, 5.41) is 24.1. The molecule has 28 heavy (non-hydrogen) atoms. The van der Waals surface area contributed by atoms with Gasteiger partial charge in [-0.2, -0.15) is 0 Å². The van der Waals surface area contributed by atoms with Crippen LogP contribution in [-0.2, 0) is 19.2 Å². The van der Waals surface area contributed by atoms with Crippen LogP contribution < -0.4 is 16.4 Å². The van der Waals surface area contributed by atoms with Crippen LogP contribution in [0.25, 0.3) is 0 Å². The van der Waals surface area contributed by atoms with Crippen LogP contribution in [0.1, 0.15) is 47.0 Å². The number of amides is 3. The molecule has 0 radical (unpaired) electrons. The van der Waals surface area contributed by atoms with Crippen molar-refractivity contribution in [3.8, 4) is 0 Å². The van der Waals surface area contributed by atoms with Gasteiger partial charge in [0.2, 0.25) is 17.7 Å². The highest BCUT2D eigenvalue weighted by atomic mass is 16.4. The Labute approximate surface area is 164 Å². The first-order valence-corrected chi connectivity index (χ1v) is 9.53. The van der Waals surface area contributed by atoms with E-state index in [-0.39, 0.29) is 12.5 Å². The van der Waals surface area contributed by atoms with Crippen molar-refractivity contribution in [2.45, 2.75) is 77.2 Å². The average Bonchev–Trinajstić information content (AvgIpc) is 3.07. The van der Waals surface area contributed by atoms with Gasteiger partial charge in [-0.15, -0.1) is 0 Å². The smallest absolute Gasteiger partial charge is 0.326 e. The number of rotatable bonds is 9. The largest absolute Gasteiger partial charge is 0.480 e. The van der Waals surface area contributed by atoms with Crippen molar-refractivity contribution in [2.75, 3.05) is 6.54 Å². The highest BCUT2D eigenvalue weighted by molar-refractivity contribution is 5.94. The topological polar surface area (TPSA) is 162 Å². The minimum Gasteiger partial charge on any atom is -0.480 e. The van der Waals surface area contributed by atoms with Gasteiger partial charge in [0.25, 0.3) is 0 Å². The molecule has 1 aliphatic heterocycles. The van der Waals surface area contributed by atoms with Gasteiger partial charge in [0.1, 0.15) is 18.1 Å². The maximum atomic E-state index is 12.7. The zero-order valence-electron chi connectivity index (χ0n) is 16.8. The molecule has 0 aromatic carbocycles. The highest BCUT2D eigenvalue weighted by Gasteiger charge is 2.39. The van der Waals surface area contributed by atoms with Crippen LogP contribution in [-0.4, -0.2) is 75.6 Å². The third-order valence-electron chi connectivity index (χ3n) is 4.68. The molecule has 1 rings (SSSR count). The molecule has 160 valence electrons. The molecule has 0 spiro atoms. The molecule has 3 amide bonds. The normalized spacial score (nSPS) is 21.0. The molecule has 0 aromatic heterocycles. The van der Waals surface area contributed by atoms with Gasteiger partial charge in [0.15, 0.2) is 0 Å². The first kappa shape index (κ1) is 23.8. The molecule has 6 N–H and O–H groups in total. The summed E-state index contributed by atoms with van der Waals surface area (Å²) in [6.45, 7) is 6.85. The Morgan fingerprint density at radius 2 is 1.71 bits per heavy atom. The number of carboxylic acid groups (broad SMARTS) is 1. The summed E-state index contributed by atoms with van der Waals surface area (Å²) in [4.78, 5) is 49.6. The number of nitrogens with zero attached hydrogens (tertiary/aromatic N) is 1. The van der Waals surface area contributed by atoms with Crippen molar-refractivity contribution in [3.05, 3.63) is 0 Å². The van der Waals surface area contributed by atoms with E-state index in [9.17, 15) is 29.4 Å². The first-order valence-electron chi connectivity index (χ1n) is 9.53. The van der Waals surface area contributed by atoms with Crippen LogP contribution in [0.3, 0.4) is 0 Å². The average molecular weight is 400 g/mol. The van der Waals surface area contributed by atoms with Crippen molar-refractivity contribution in [1.29, 1.82) is 0 Å². The zero-order valence-corrected chi connectivity index (χ0v) is 16.8. The molecule has 0 aliphatic carbocycles. The summed E-state index contributed by atoms with van der Waals surface area (Å²) in [7, 11) is 0. The third-order valence-corrected chi connectivity index (χ3v) is 4.68. The molecule has 1 fully saturated rings. The van der Waals surface area contributed by atoms with E-state index < -0.39 is 54.0 Å². The second kappa shape index (κ2) is 10.4. The number of aliphatic hydroxyl groups is 1. The van der Waals surface area contributed by atoms with E-state index in [1.807, 2.05) is 13.8 Å². The minimum absolute atomic E-state index is 0.213. The second-order valence-electron chi connectivity index (χ2n) is 7.72. The van der Waals surface area contributed by atoms with E-state index in [0.717, 1.165) is 4.90 Å². The fourth-order valence-electron chi connectivity index (χ4n) is 3.13. The summed E-state index contributed by atoms with van der Waals surface area (Å²) in [5.74, 6) is -2.73. The van der Waals surface area contributed by atoms with Crippen LogP contribution in [0.15, 0.2) is 0 Å². The van der Waals surface area contributed by atoms with E-state index in [4.69, 9.17) is 5.73 Å². The SMILES string of the molecule is CC(C)CC(N)C(=O)NC(C)C(=O)NC(C(=O)N1CCCC1C(=O)O)C(C)O. The number of nitrogens with one attached hydrogen (secondary N) is 2. The molecule has 0 bridgehead atoms. The number of carbonyl (C=O) groups excluding carboxylic acids is 3. The number of carbonyl (C=O) groups is 4. The molecule has 5 atom stereocenters. The van der Waals surface area contributed by atoms with Gasteiger partial charge >= 0.3 is 5.97 Å². The molecular formula is C18H32N4O6. The Morgan fingerprint density at radius 3 is 2.21 bits per heavy atom. The van der Waals surface area contributed by atoms with Gasteiger partial charge in [-0.25, -0.2) is 4.79 Å². The Kier molecular flexibility index (Phi) is 8.83. The second-order valence-corrected chi connectivity index (χ2v) is 7.72. The zero-order chi connectivity index (χ0) is 21.6. The van der Waals surface area contributed by atoms with Crippen LogP contribution in [0, 0.1) is 5.92 Å². The summed E-state index contributed by atoms with van der Waals surface area (Å²) in [5.41, 5.74) is 5.79. The minimum atomic E-state index is -1.31. The van der Waals surface area contributed by atoms with Gasteiger partial charge in [-0.1, -0.05) is 13.8 Å². The van der Waals surface area contributed by atoms with Crippen LogP contribution in [0.2, 0.25) is 0 Å². The lowest BCUT2D eigenvalue weighted by Crippen LogP contribution is -2.59. The predicted molar refractivity (Wildman–Crippen MR) is 101 cm³/mol. The number of aliphatic carboxylic acids is 1. The van der Waals surface area contributed by atoms with Gasteiger partial charge in [0, 0.05) is 6.54 Å². The van der Waals surface area contributed by atoms with Crippen molar-refractivity contribution in [2.24, 2.45) is 11.7 Å². The molecular weight excluding hydrogens is 368 g/mol. The molecule has 0 aromatic rings. The lowest BCUT2D eigenvalue weighted by molar-refractivity contribution is -0.150. The lowest BCUT2D eigenvalue weighted by Gasteiger charge is -2.29. The predicted octanol–water partition coefficient (Wildman–Crippen LogP) is -1.19. The molecule has 0 saturated carbocycles. The molecule has 1 saturated heterocycles. The number of hydrogen-bond acceptors (Lipinski definition) is 6. The Balaban J connectivity index is 2.75. The summed E-state index contributed by atoms with van der Waals surface area (Å²) < 4.78 is 0. The Hall–Kier alpha value is -2.20.